The molecule has 8 heteroatoms. The molecule has 3 heterocycles. The van der Waals surface area contributed by atoms with Crippen LogP contribution in [0.25, 0.3) is 0 Å². The second kappa shape index (κ2) is 7.68. The molecule has 0 saturated heterocycles. The smallest absolute Gasteiger partial charge is 0.314 e. The number of alkyl halides is 3. The summed E-state index contributed by atoms with van der Waals surface area (Å²) < 4.78 is 40.3. The molecule has 0 unspecified atom stereocenters. The molecule has 2 aromatic heterocycles. The van der Waals surface area contributed by atoms with Crippen LogP contribution in [-0.2, 0) is 17.4 Å². The van der Waals surface area contributed by atoms with E-state index in [1.54, 1.807) is 19.3 Å². The molecule has 0 radical (unpaired) electrons. The molecular formula is C23H21F3N4O. The van der Waals surface area contributed by atoms with Gasteiger partial charge in [-0.25, -0.2) is 9.97 Å². The Morgan fingerprint density at radius 1 is 1.13 bits per heavy atom. The minimum Gasteiger partial charge on any atom is -0.314 e. The number of likely N-dealkylation sites (N-methyl/N-ethyl adjacent to an activating group) is 1. The molecule has 4 rings (SSSR count). The molecular weight excluding hydrogens is 405 g/mol. The summed E-state index contributed by atoms with van der Waals surface area (Å²) in [5.41, 5.74) is 1.91. The number of aromatic nitrogens is 2. The van der Waals surface area contributed by atoms with Crippen LogP contribution >= 0.6 is 0 Å². The summed E-state index contributed by atoms with van der Waals surface area (Å²) in [6, 6.07) is 12.3. The number of amides is 1. The maximum atomic E-state index is 13.5. The zero-order valence-electron chi connectivity index (χ0n) is 17.3. The molecule has 3 aromatic rings. The lowest BCUT2D eigenvalue weighted by molar-refractivity contribution is -0.137. The van der Waals surface area contributed by atoms with E-state index in [4.69, 9.17) is 0 Å². The van der Waals surface area contributed by atoms with Crippen LogP contribution in [0.3, 0.4) is 0 Å². The normalized spacial score (nSPS) is 15.7. The van der Waals surface area contributed by atoms with Gasteiger partial charge < -0.3 is 4.90 Å². The summed E-state index contributed by atoms with van der Waals surface area (Å²) in [4.78, 5) is 25.2. The van der Waals surface area contributed by atoms with Gasteiger partial charge in [-0.15, -0.1) is 0 Å². The van der Waals surface area contributed by atoms with Crippen LogP contribution in [0.2, 0.25) is 0 Å². The van der Waals surface area contributed by atoms with Crippen LogP contribution in [0.1, 0.15) is 22.4 Å². The standard InChI is InChI=1S/C23H21F3N4O/c1-14-6-4-8-18(10-14)29(3)22(31)19-12-16-7-5-9-27-21(16)30(19)20-13-17(23(24,25)26)11-15(2)28-20/h4-11,13,19H,12H2,1-3H3/t19-/m0/s1. The van der Waals surface area contributed by atoms with Crippen molar-refractivity contribution in [2.75, 3.05) is 16.8 Å². The van der Waals surface area contributed by atoms with Gasteiger partial charge in [0.1, 0.15) is 17.7 Å². The Kier molecular flexibility index (Phi) is 5.16. The molecule has 5 nitrogen and oxygen atoms in total. The van der Waals surface area contributed by atoms with Gasteiger partial charge in [0.05, 0.1) is 5.56 Å². The number of hydrogen-bond acceptors (Lipinski definition) is 4. The first-order chi connectivity index (χ1) is 14.6. The zero-order chi connectivity index (χ0) is 22.3. The second-order valence-electron chi connectivity index (χ2n) is 7.67. The number of rotatable bonds is 3. The SMILES string of the molecule is Cc1cccc(N(C)C(=O)[C@@H]2Cc3cccnc3N2c2cc(C(F)(F)F)cc(C)n2)c1. The Bertz CT molecular complexity index is 1150. The van der Waals surface area contributed by atoms with E-state index in [2.05, 4.69) is 9.97 Å². The Hall–Kier alpha value is -3.42. The fraction of sp³-hybridized carbons (Fsp3) is 0.261. The van der Waals surface area contributed by atoms with E-state index in [9.17, 15) is 18.0 Å². The van der Waals surface area contributed by atoms with Gasteiger partial charge in [-0.05, 0) is 55.3 Å². The Balaban J connectivity index is 1.78. The number of hydrogen-bond donors (Lipinski definition) is 0. The highest BCUT2D eigenvalue weighted by atomic mass is 19.4. The van der Waals surface area contributed by atoms with Gasteiger partial charge in [0.25, 0.3) is 0 Å². The van der Waals surface area contributed by atoms with Crippen LogP contribution in [0.4, 0.5) is 30.5 Å². The van der Waals surface area contributed by atoms with Crippen molar-refractivity contribution in [2.24, 2.45) is 0 Å². The second-order valence-corrected chi connectivity index (χ2v) is 7.67. The van der Waals surface area contributed by atoms with Crippen molar-refractivity contribution < 1.29 is 18.0 Å². The highest BCUT2D eigenvalue weighted by molar-refractivity contribution is 6.01. The number of anilines is 3. The summed E-state index contributed by atoms with van der Waals surface area (Å²) in [6.07, 6.45) is -2.63. The van der Waals surface area contributed by atoms with E-state index in [-0.39, 0.29) is 17.4 Å². The van der Waals surface area contributed by atoms with Gasteiger partial charge in [-0.1, -0.05) is 18.2 Å². The van der Waals surface area contributed by atoms with Crippen molar-refractivity contribution in [2.45, 2.75) is 32.5 Å². The molecule has 160 valence electrons. The number of pyridine rings is 2. The van der Waals surface area contributed by atoms with Gasteiger partial charge in [0, 0.05) is 31.0 Å². The topological polar surface area (TPSA) is 49.3 Å². The maximum absolute atomic E-state index is 13.5. The Labute approximate surface area is 178 Å². The molecule has 0 aliphatic carbocycles. The third-order valence-electron chi connectivity index (χ3n) is 5.34. The lowest BCUT2D eigenvalue weighted by atomic mass is 10.1. The average molecular weight is 426 g/mol. The van der Waals surface area contributed by atoms with Crippen molar-refractivity contribution in [3.05, 3.63) is 77.1 Å². The summed E-state index contributed by atoms with van der Waals surface area (Å²) in [5, 5.41) is 0. The lowest BCUT2D eigenvalue weighted by Gasteiger charge is -2.29. The van der Waals surface area contributed by atoms with E-state index < -0.39 is 17.8 Å². The van der Waals surface area contributed by atoms with E-state index >= 15 is 0 Å². The number of benzene rings is 1. The minimum absolute atomic E-state index is 0.0563. The predicted octanol–water partition coefficient (Wildman–Crippen LogP) is 4.84. The third-order valence-corrected chi connectivity index (χ3v) is 5.34. The number of carbonyl (C=O) groups excluding carboxylic acids is 1. The molecule has 1 aliphatic heterocycles. The molecule has 1 aromatic carbocycles. The van der Waals surface area contributed by atoms with Crippen molar-refractivity contribution in [3.8, 4) is 0 Å². The first kappa shape index (κ1) is 20.8. The van der Waals surface area contributed by atoms with Crippen molar-refractivity contribution in [1.29, 1.82) is 0 Å². The molecule has 31 heavy (non-hydrogen) atoms. The monoisotopic (exact) mass is 426 g/mol. The Morgan fingerprint density at radius 3 is 2.61 bits per heavy atom. The summed E-state index contributed by atoms with van der Waals surface area (Å²) in [5.74, 6) is 0.256. The first-order valence-corrected chi connectivity index (χ1v) is 9.78. The predicted molar refractivity (Wildman–Crippen MR) is 112 cm³/mol. The van der Waals surface area contributed by atoms with Gasteiger partial charge in [-0.3, -0.25) is 9.69 Å². The van der Waals surface area contributed by atoms with Crippen LogP contribution in [-0.4, -0.2) is 29.0 Å². The number of halogens is 3. The fourth-order valence-electron chi connectivity index (χ4n) is 3.85. The lowest BCUT2D eigenvalue weighted by Crippen LogP contribution is -2.44. The van der Waals surface area contributed by atoms with E-state index in [0.29, 0.717) is 17.9 Å². The number of nitrogens with zero attached hydrogens (tertiary/aromatic N) is 4. The van der Waals surface area contributed by atoms with Crippen LogP contribution in [0, 0.1) is 13.8 Å². The average Bonchev–Trinajstić information content (AvgIpc) is 3.11. The number of fused-ring (bicyclic) bond motifs is 1. The fourth-order valence-corrected chi connectivity index (χ4v) is 3.85. The molecule has 0 fully saturated rings. The molecule has 1 atom stereocenters. The molecule has 1 amide bonds. The summed E-state index contributed by atoms with van der Waals surface area (Å²) >= 11 is 0. The largest absolute Gasteiger partial charge is 0.416 e. The van der Waals surface area contributed by atoms with Gasteiger partial charge in [-0.2, -0.15) is 13.2 Å². The molecule has 0 N–H and O–H groups in total. The van der Waals surface area contributed by atoms with Gasteiger partial charge in [0.15, 0.2) is 0 Å². The van der Waals surface area contributed by atoms with Crippen LogP contribution in [0.15, 0.2) is 54.7 Å². The third kappa shape index (κ3) is 3.97. The number of carbonyl (C=O) groups is 1. The van der Waals surface area contributed by atoms with Crippen LogP contribution < -0.4 is 9.80 Å². The van der Waals surface area contributed by atoms with Gasteiger partial charge >= 0.3 is 6.18 Å². The van der Waals surface area contributed by atoms with E-state index in [1.807, 2.05) is 37.3 Å². The Morgan fingerprint density at radius 2 is 1.90 bits per heavy atom. The first-order valence-electron chi connectivity index (χ1n) is 9.78. The molecule has 0 bridgehead atoms. The summed E-state index contributed by atoms with van der Waals surface area (Å²) in [6.45, 7) is 3.43. The summed E-state index contributed by atoms with van der Waals surface area (Å²) in [7, 11) is 1.66. The highest BCUT2D eigenvalue weighted by Crippen LogP contribution is 2.39. The highest BCUT2D eigenvalue weighted by Gasteiger charge is 2.40. The van der Waals surface area contributed by atoms with E-state index in [1.165, 1.54) is 16.7 Å². The zero-order valence-corrected chi connectivity index (χ0v) is 17.3. The van der Waals surface area contributed by atoms with Crippen molar-refractivity contribution >= 4 is 23.2 Å². The van der Waals surface area contributed by atoms with Gasteiger partial charge in [0.2, 0.25) is 5.91 Å². The van der Waals surface area contributed by atoms with Crippen molar-refractivity contribution in [3.63, 3.8) is 0 Å². The van der Waals surface area contributed by atoms with Crippen LogP contribution in [0.5, 0.6) is 0 Å². The van der Waals surface area contributed by atoms with Crippen molar-refractivity contribution in [1.82, 2.24) is 9.97 Å². The van der Waals surface area contributed by atoms with E-state index in [0.717, 1.165) is 23.3 Å². The molecule has 0 spiro atoms. The maximum Gasteiger partial charge on any atom is 0.416 e. The number of aryl methyl sites for hydroxylation is 2. The molecule has 1 aliphatic rings. The quantitative estimate of drug-likeness (QED) is 0.602. The molecule has 0 saturated carbocycles. The minimum atomic E-state index is -4.52.